The summed E-state index contributed by atoms with van der Waals surface area (Å²) in [6, 6.07) is 7.62. The molecule has 0 unspecified atom stereocenters. The van der Waals surface area contributed by atoms with Crippen molar-refractivity contribution >= 4 is 0 Å². The van der Waals surface area contributed by atoms with Crippen molar-refractivity contribution < 1.29 is 14.6 Å². The lowest BCUT2D eigenvalue weighted by atomic mass is 10.2. The summed E-state index contributed by atoms with van der Waals surface area (Å²) < 4.78 is 11.5. The van der Waals surface area contributed by atoms with E-state index in [4.69, 9.17) is 14.6 Å². The van der Waals surface area contributed by atoms with E-state index in [-0.39, 0.29) is 18.8 Å². The summed E-state index contributed by atoms with van der Waals surface area (Å²) in [6.07, 6.45) is 0.580. The third kappa shape index (κ3) is 5.39. The molecule has 2 rings (SSSR count). The molecule has 0 aromatic heterocycles. The molecular formula is C17H23NO3. The molecule has 0 radical (unpaired) electrons. The van der Waals surface area contributed by atoms with E-state index in [9.17, 15) is 0 Å². The van der Waals surface area contributed by atoms with Gasteiger partial charge in [-0.1, -0.05) is 11.8 Å². The van der Waals surface area contributed by atoms with Crippen molar-refractivity contribution in [2.75, 3.05) is 32.8 Å². The molecule has 0 saturated carbocycles. The first-order valence-electron chi connectivity index (χ1n) is 7.38. The first-order chi connectivity index (χ1) is 10.2. The van der Waals surface area contributed by atoms with Crippen molar-refractivity contribution in [3.8, 4) is 17.6 Å². The molecule has 1 aliphatic rings. The molecule has 0 amide bonds. The summed E-state index contributed by atoms with van der Waals surface area (Å²) in [5.41, 5.74) is 0.882. The van der Waals surface area contributed by atoms with Crippen LogP contribution in [0.5, 0.6) is 5.75 Å². The zero-order valence-corrected chi connectivity index (χ0v) is 12.7. The van der Waals surface area contributed by atoms with Crippen LogP contribution < -0.4 is 4.74 Å². The zero-order valence-electron chi connectivity index (χ0n) is 12.7. The highest BCUT2D eigenvalue weighted by molar-refractivity contribution is 5.38. The van der Waals surface area contributed by atoms with Crippen molar-refractivity contribution in [2.45, 2.75) is 26.1 Å². The largest absolute Gasteiger partial charge is 0.492 e. The van der Waals surface area contributed by atoms with Crippen LogP contribution in [0.1, 0.15) is 19.4 Å². The maximum Gasteiger partial charge on any atom is 0.119 e. The van der Waals surface area contributed by atoms with Crippen LogP contribution in [0.3, 0.4) is 0 Å². The predicted octanol–water partition coefficient (Wildman–Crippen LogP) is 1.52. The Hall–Kier alpha value is -1.54. The maximum atomic E-state index is 8.65. The van der Waals surface area contributed by atoms with Gasteiger partial charge in [0, 0.05) is 25.2 Å². The van der Waals surface area contributed by atoms with Crippen molar-refractivity contribution in [3.63, 3.8) is 0 Å². The zero-order chi connectivity index (χ0) is 15.1. The van der Waals surface area contributed by atoms with E-state index < -0.39 is 0 Å². The third-order valence-electron chi connectivity index (χ3n) is 3.34. The van der Waals surface area contributed by atoms with Crippen molar-refractivity contribution in [1.29, 1.82) is 0 Å². The molecule has 1 heterocycles. The molecule has 1 fully saturated rings. The van der Waals surface area contributed by atoms with Crippen LogP contribution in [0.15, 0.2) is 24.3 Å². The summed E-state index contributed by atoms with van der Waals surface area (Å²) in [4.78, 5) is 2.37. The van der Waals surface area contributed by atoms with Crippen LogP contribution >= 0.6 is 0 Å². The van der Waals surface area contributed by atoms with Crippen molar-refractivity contribution in [2.24, 2.45) is 0 Å². The Labute approximate surface area is 126 Å². The Morgan fingerprint density at radius 1 is 1.24 bits per heavy atom. The molecule has 21 heavy (non-hydrogen) atoms. The Morgan fingerprint density at radius 3 is 2.52 bits per heavy atom. The van der Waals surface area contributed by atoms with Crippen LogP contribution in [-0.4, -0.2) is 55.1 Å². The number of hydrogen-bond donors (Lipinski definition) is 1. The van der Waals surface area contributed by atoms with Crippen LogP contribution in [0.2, 0.25) is 0 Å². The van der Waals surface area contributed by atoms with Gasteiger partial charge < -0.3 is 14.6 Å². The van der Waals surface area contributed by atoms with E-state index in [2.05, 4.69) is 30.6 Å². The lowest BCUT2D eigenvalue weighted by molar-refractivity contribution is -0.0699. The Balaban J connectivity index is 1.75. The van der Waals surface area contributed by atoms with Gasteiger partial charge in [0.1, 0.15) is 19.0 Å². The molecule has 1 aromatic carbocycles. The summed E-state index contributed by atoms with van der Waals surface area (Å²) in [7, 11) is 0. The molecule has 1 saturated heterocycles. The molecule has 4 heteroatoms. The normalized spacial score (nSPS) is 22.4. The molecule has 2 atom stereocenters. The molecule has 114 valence electrons. The molecule has 0 spiro atoms. The van der Waals surface area contributed by atoms with Gasteiger partial charge in [-0.25, -0.2) is 0 Å². The molecule has 0 bridgehead atoms. The standard InChI is InChI=1S/C17H23NO3/c1-14-12-18(13-15(2)21-14)9-11-20-17-7-5-16(6-8-17)4-3-10-19/h5-8,14-15,19H,9-13H2,1-2H3/t14-,15+. The van der Waals surface area contributed by atoms with Gasteiger partial charge >= 0.3 is 0 Å². The van der Waals surface area contributed by atoms with Gasteiger partial charge in [0.05, 0.1) is 12.2 Å². The summed E-state index contributed by atoms with van der Waals surface area (Å²) in [5.74, 6) is 6.33. The second-order valence-electron chi connectivity index (χ2n) is 5.35. The third-order valence-corrected chi connectivity index (χ3v) is 3.34. The van der Waals surface area contributed by atoms with Gasteiger partial charge in [-0.3, -0.25) is 4.90 Å². The Bertz CT molecular complexity index is 479. The van der Waals surface area contributed by atoms with E-state index >= 15 is 0 Å². The van der Waals surface area contributed by atoms with E-state index in [0.717, 1.165) is 30.9 Å². The number of morpholine rings is 1. The maximum absolute atomic E-state index is 8.65. The predicted molar refractivity (Wildman–Crippen MR) is 82.3 cm³/mol. The number of ether oxygens (including phenoxy) is 2. The second-order valence-corrected chi connectivity index (χ2v) is 5.35. The van der Waals surface area contributed by atoms with Crippen LogP contribution in [0.4, 0.5) is 0 Å². The molecule has 4 nitrogen and oxygen atoms in total. The van der Waals surface area contributed by atoms with Crippen LogP contribution in [0, 0.1) is 11.8 Å². The molecule has 1 N–H and O–H groups in total. The lowest BCUT2D eigenvalue weighted by Crippen LogP contribution is -2.46. The summed E-state index contributed by atoms with van der Waals surface area (Å²) in [6.45, 7) is 7.60. The second kappa shape index (κ2) is 8.04. The Kier molecular flexibility index (Phi) is 6.06. The number of aliphatic hydroxyl groups excluding tert-OH is 1. The van der Waals surface area contributed by atoms with Crippen LogP contribution in [-0.2, 0) is 4.74 Å². The number of aliphatic hydroxyl groups is 1. The first-order valence-corrected chi connectivity index (χ1v) is 7.38. The monoisotopic (exact) mass is 289 g/mol. The number of hydrogen-bond acceptors (Lipinski definition) is 4. The smallest absolute Gasteiger partial charge is 0.119 e. The minimum absolute atomic E-state index is 0.116. The van der Waals surface area contributed by atoms with E-state index in [1.165, 1.54) is 0 Å². The SMILES string of the molecule is C[C@@H]1CN(CCOc2ccc(C#CCO)cc2)C[C@H](C)O1. The van der Waals surface area contributed by atoms with Gasteiger partial charge in [0.25, 0.3) is 0 Å². The number of nitrogens with zero attached hydrogens (tertiary/aromatic N) is 1. The minimum atomic E-state index is -0.116. The Morgan fingerprint density at radius 2 is 1.90 bits per heavy atom. The van der Waals surface area contributed by atoms with Gasteiger partial charge in [-0.05, 0) is 38.1 Å². The summed E-state index contributed by atoms with van der Waals surface area (Å²) in [5, 5.41) is 8.65. The van der Waals surface area contributed by atoms with Gasteiger partial charge in [-0.15, -0.1) is 0 Å². The lowest BCUT2D eigenvalue weighted by Gasteiger charge is -2.35. The van der Waals surface area contributed by atoms with E-state index in [1.807, 2.05) is 24.3 Å². The molecule has 0 aliphatic carbocycles. The number of benzene rings is 1. The fraction of sp³-hybridized carbons (Fsp3) is 0.529. The molecule has 1 aromatic rings. The van der Waals surface area contributed by atoms with E-state index in [0.29, 0.717) is 6.61 Å². The highest BCUT2D eigenvalue weighted by Crippen LogP contribution is 2.13. The van der Waals surface area contributed by atoms with Gasteiger partial charge in [0.2, 0.25) is 0 Å². The quantitative estimate of drug-likeness (QED) is 0.853. The highest BCUT2D eigenvalue weighted by atomic mass is 16.5. The minimum Gasteiger partial charge on any atom is -0.492 e. The highest BCUT2D eigenvalue weighted by Gasteiger charge is 2.21. The molecular weight excluding hydrogens is 266 g/mol. The molecule has 1 aliphatic heterocycles. The van der Waals surface area contributed by atoms with Gasteiger partial charge in [-0.2, -0.15) is 0 Å². The van der Waals surface area contributed by atoms with Crippen LogP contribution in [0.25, 0.3) is 0 Å². The average molecular weight is 289 g/mol. The fourth-order valence-corrected chi connectivity index (χ4v) is 2.54. The average Bonchev–Trinajstić information content (AvgIpc) is 2.45. The van der Waals surface area contributed by atoms with Crippen molar-refractivity contribution in [3.05, 3.63) is 29.8 Å². The topological polar surface area (TPSA) is 41.9 Å². The number of rotatable bonds is 4. The fourth-order valence-electron chi connectivity index (χ4n) is 2.54. The van der Waals surface area contributed by atoms with Gasteiger partial charge in [0.15, 0.2) is 0 Å². The summed E-state index contributed by atoms with van der Waals surface area (Å²) >= 11 is 0. The first kappa shape index (κ1) is 15.8. The van der Waals surface area contributed by atoms with E-state index in [1.54, 1.807) is 0 Å². The van der Waals surface area contributed by atoms with Crippen molar-refractivity contribution in [1.82, 2.24) is 4.90 Å².